The van der Waals surface area contributed by atoms with Gasteiger partial charge in [0.25, 0.3) is 0 Å². The van der Waals surface area contributed by atoms with Crippen molar-refractivity contribution in [2.45, 2.75) is 6.54 Å². The molecule has 0 fully saturated rings. The van der Waals surface area contributed by atoms with Crippen LogP contribution < -0.4 is 5.32 Å². The number of nitrogens with zero attached hydrogens (tertiary/aromatic N) is 3. The van der Waals surface area contributed by atoms with Gasteiger partial charge in [-0.15, -0.1) is 0 Å². The van der Waals surface area contributed by atoms with Gasteiger partial charge in [0.05, 0.1) is 0 Å². The summed E-state index contributed by atoms with van der Waals surface area (Å²) in [5.74, 6) is -0.0787. The molecule has 0 unspecified atom stereocenters. The normalized spacial score (nSPS) is 9.93. The highest BCUT2D eigenvalue weighted by molar-refractivity contribution is 5.33. The molecular weight excluding hydrogens is 195 g/mol. The fourth-order valence-corrected chi connectivity index (χ4v) is 1.13. The standard InChI is InChI=1S/C10H9FN4/c11-9-4-10(15-7-14-9)13-6-8-2-1-3-12-5-8/h1-5,7H,6H2,(H,13,14,15). The average Bonchev–Trinajstić information content (AvgIpc) is 2.28. The molecule has 0 saturated heterocycles. The zero-order chi connectivity index (χ0) is 10.5. The molecule has 0 spiro atoms. The van der Waals surface area contributed by atoms with Gasteiger partial charge in [0.1, 0.15) is 12.1 Å². The van der Waals surface area contributed by atoms with Crippen molar-refractivity contribution in [1.82, 2.24) is 15.0 Å². The van der Waals surface area contributed by atoms with Crippen LogP contribution in [0.2, 0.25) is 0 Å². The molecule has 0 atom stereocenters. The lowest BCUT2D eigenvalue weighted by molar-refractivity contribution is 0.580. The third kappa shape index (κ3) is 2.70. The van der Waals surface area contributed by atoms with Gasteiger partial charge in [-0.2, -0.15) is 4.39 Å². The van der Waals surface area contributed by atoms with Gasteiger partial charge in [-0.3, -0.25) is 4.98 Å². The minimum atomic E-state index is -0.543. The van der Waals surface area contributed by atoms with E-state index in [-0.39, 0.29) is 0 Å². The van der Waals surface area contributed by atoms with E-state index in [0.717, 1.165) is 5.56 Å². The van der Waals surface area contributed by atoms with Crippen molar-refractivity contribution in [3.05, 3.63) is 48.4 Å². The molecule has 0 aromatic carbocycles. The van der Waals surface area contributed by atoms with E-state index >= 15 is 0 Å². The summed E-state index contributed by atoms with van der Waals surface area (Å²) in [4.78, 5) is 11.2. The second-order valence-corrected chi connectivity index (χ2v) is 2.94. The maximum Gasteiger partial charge on any atom is 0.217 e. The molecule has 4 nitrogen and oxygen atoms in total. The first-order valence-electron chi connectivity index (χ1n) is 4.45. The summed E-state index contributed by atoms with van der Waals surface area (Å²) in [6.45, 7) is 0.560. The fourth-order valence-electron chi connectivity index (χ4n) is 1.13. The first-order valence-corrected chi connectivity index (χ1v) is 4.45. The number of nitrogens with one attached hydrogen (secondary N) is 1. The number of rotatable bonds is 3. The van der Waals surface area contributed by atoms with Crippen molar-refractivity contribution in [1.29, 1.82) is 0 Å². The molecule has 0 amide bonds. The van der Waals surface area contributed by atoms with E-state index in [1.165, 1.54) is 12.4 Å². The molecule has 2 rings (SSSR count). The maximum atomic E-state index is 12.7. The second-order valence-electron chi connectivity index (χ2n) is 2.94. The van der Waals surface area contributed by atoms with Gasteiger partial charge in [0.2, 0.25) is 5.95 Å². The van der Waals surface area contributed by atoms with Crippen LogP contribution in [0.25, 0.3) is 0 Å². The molecule has 2 aromatic rings. The van der Waals surface area contributed by atoms with Gasteiger partial charge in [-0.05, 0) is 11.6 Å². The van der Waals surface area contributed by atoms with Crippen molar-refractivity contribution in [2.24, 2.45) is 0 Å². The van der Waals surface area contributed by atoms with Crippen LogP contribution in [-0.4, -0.2) is 15.0 Å². The van der Waals surface area contributed by atoms with Crippen molar-refractivity contribution in [3.63, 3.8) is 0 Å². The highest BCUT2D eigenvalue weighted by Gasteiger charge is 1.97. The first-order chi connectivity index (χ1) is 7.34. The fraction of sp³-hybridized carbons (Fsp3) is 0.100. The molecule has 2 aromatic heterocycles. The van der Waals surface area contributed by atoms with Gasteiger partial charge in [0, 0.05) is 25.0 Å². The van der Waals surface area contributed by atoms with Gasteiger partial charge in [0.15, 0.2) is 0 Å². The average molecular weight is 204 g/mol. The predicted octanol–water partition coefficient (Wildman–Crippen LogP) is 1.62. The minimum absolute atomic E-state index is 0.464. The van der Waals surface area contributed by atoms with E-state index < -0.39 is 5.95 Å². The first kappa shape index (κ1) is 9.51. The molecule has 0 aliphatic carbocycles. The van der Waals surface area contributed by atoms with Crippen LogP contribution in [0.4, 0.5) is 10.2 Å². The summed E-state index contributed by atoms with van der Waals surface area (Å²) in [5, 5.41) is 2.97. The van der Waals surface area contributed by atoms with Crippen LogP contribution >= 0.6 is 0 Å². The monoisotopic (exact) mass is 204 g/mol. The molecular formula is C10H9FN4. The predicted molar refractivity (Wildman–Crippen MR) is 53.6 cm³/mol. The number of halogens is 1. The van der Waals surface area contributed by atoms with Crippen molar-refractivity contribution in [2.75, 3.05) is 5.32 Å². The molecule has 0 bridgehead atoms. The van der Waals surface area contributed by atoms with Gasteiger partial charge >= 0.3 is 0 Å². The van der Waals surface area contributed by atoms with Crippen LogP contribution in [0.5, 0.6) is 0 Å². The Labute approximate surface area is 86.2 Å². The summed E-state index contributed by atoms with van der Waals surface area (Å²) in [6, 6.07) is 5.02. The van der Waals surface area contributed by atoms with Crippen LogP contribution in [-0.2, 0) is 6.54 Å². The topological polar surface area (TPSA) is 50.7 Å². The molecule has 0 aliphatic heterocycles. The smallest absolute Gasteiger partial charge is 0.217 e. The molecule has 1 N–H and O–H groups in total. The Morgan fingerprint density at radius 1 is 1.33 bits per heavy atom. The summed E-state index contributed by atoms with van der Waals surface area (Å²) >= 11 is 0. The highest BCUT2D eigenvalue weighted by Crippen LogP contribution is 2.04. The molecule has 76 valence electrons. The SMILES string of the molecule is Fc1cc(NCc2cccnc2)ncn1. The lowest BCUT2D eigenvalue weighted by Gasteiger charge is -2.04. The zero-order valence-corrected chi connectivity index (χ0v) is 7.89. The summed E-state index contributed by atoms with van der Waals surface area (Å²) < 4.78 is 12.7. The van der Waals surface area contributed by atoms with E-state index in [9.17, 15) is 4.39 Å². The van der Waals surface area contributed by atoms with Gasteiger partial charge in [-0.25, -0.2) is 9.97 Å². The van der Waals surface area contributed by atoms with Crippen LogP contribution in [0.3, 0.4) is 0 Å². The van der Waals surface area contributed by atoms with Crippen molar-refractivity contribution >= 4 is 5.82 Å². The van der Waals surface area contributed by atoms with E-state index in [2.05, 4.69) is 20.3 Å². The van der Waals surface area contributed by atoms with Gasteiger partial charge < -0.3 is 5.32 Å². The zero-order valence-electron chi connectivity index (χ0n) is 7.89. The summed E-state index contributed by atoms with van der Waals surface area (Å²) in [5.41, 5.74) is 1.01. The molecule has 15 heavy (non-hydrogen) atoms. The Kier molecular flexibility index (Phi) is 2.82. The Morgan fingerprint density at radius 2 is 2.27 bits per heavy atom. The van der Waals surface area contributed by atoms with E-state index in [4.69, 9.17) is 0 Å². The van der Waals surface area contributed by atoms with Crippen LogP contribution in [0, 0.1) is 5.95 Å². The Hall–Kier alpha value is -2.04. The summed E-state index contributed by atoms with van der Waals surface area (Å²) in [6.07, 6.45) is 4.62. The lowest BCUT2D eigenvalue weighted by Crippen LogP contribution is -2.02. The third-order valence-electron chi connectivity index (χ3n) is 1.83. The lowest BCUT2D eigenvalue weighted by atomic mass is 10.3. The van der Waals surface area contributed by atoms with Crippen LogP contribution in [0.15, 0.2) is 36.9 Å². The van der Waals surface area contributed by atoms with Gasteiger partial charge in [-0.1, -0.05) is 6.07 Å². The third-order valence-corrected chi connectivity index (χ3v) is 1.83. The van der Waals surface area contributed by atoms with Crippen molar-refractivity contribution in [3.8, 4) is 0 Å². The van der Waals surface area contributed by atoms with Crippen molar-refractivity contribution < 1.29 is 4.39 Å². The van der Waals surface area contributed by atoms with E-state index in [1.807, 2.05) is 12.1 Å². The summed E-state index contributed by atoms with van der Waals surface area (Å²) in [7, 11) is 0. The number of pyridine rings is 1. The number of hydrogen-bond acceptors (Lipinski definition) is 4. The molecule has 0 aliphatic rings. The number of aromatic nitrogens is 3. The Morgan fingerprint density at radius 3 is 3.00 bits per heavy atom. The van der Waals surface area contributed by atoms with E-state index in [1.54, 1.807) is 12.4 Å². The largest absolute Gasteiger partial charge is 0.366 e. The quantitative estimate of drug-likeness (QED) is 0.772. The van der Waals surface area contributed by atoms with Crippen LogP contribution in [0.1, 0.15) is 5.56 Å². The Bertz CT molecular complexity index is 432. The minimum Gasteiger partial charge on any atom is -0.366 e. The van der Waals surface area contributed by atoms with E-state index in [0.29, 0.717) is 12.4 Å². The molecule has 5 heteroatoms. The molecule has 2 heterocycles. The maximum absolute atomic E-state index is 12.7. The number of hydrogen-bond donors (Lipinski definition) is 1. The number of anilines is 1. The second kappa shape index (κ2) is 4.45. The molecule has 0 radical (unpaired) electrons. The molecule has 0 saturated carbocycles. The Balaban J connectivity index is 1.99. The highest BCUT2D eigenvalue weighted by atomic mass is 19.1.